The quantitative estimate of drug-likeness (QED) is 0.501. The molecule has 0 unspecified atom stereocenters. The number of rotatable bonds is 8. The molecular weight excluding hydrogens is 393 g/mol. The fourth-order valence-electron chi connectivity index (χ4n) is 3.53. The van der Waals surface area contributed by atoms with Crippen LogP contribution in [0.1, 0.15) is 52.2 Å². The normalized spacial score (nSPS) is 12.1. The lowest BCUT2D eigenvalue weighted by molar-refractivity contribution is 0.240. The van der Waals surface area contributed by atoms with Crippen molar-refractivity contribution in [3.8, 4) is 11.5 Å². The van der Waals surface area contributed by atoms with Crippen molar-refractivity contribution in [1.82, 2.24) is 5.32 Å². The SMILES string of the molecule is COc1cc(CNC(C)(C)CC(C)(C)C)cc(Cl)c1OCc1cccc(Cl)c1. The van der Waals surface area contributed by atoms with E-state index in [-0.39, 0.29) is 11.0 Å². The van der Waals surface area contributed by atoms with E-state index < -0.39 is 0 Å². The molecule has 0 aromatic heterocycles. The van der Waals surface area contributed by atoms with Crippen LogP contribution in [0.4, 0.5) is 0 Å². The number of benzene rings is 2. The molecule has 0 heterocycles. The van der Waals surface area contributed by atoms with E-state index in [9.17, 15) is 0 Å². The molecule has 0 atom stereocenters. The minimum atomic E-state index is 0.0136. The highest BCUT2D eigenvalue weighted by molar-refractivity contribution is 6.32. The van der Waals surface area contributed by atoms with E-state index >= 15 is 0 Å². The molecule has 0 spiro atoms. The number of ether oxygens (including phenoxy) is 2. The van der Waals surface area contributed by atoms with Gasteiger partial charge < -0.3 is 14.8 Å². The van der Waals surface area contributed by atoms with E-state index in [1.54, 1.807) is 7.11 Å². The Morgan fingerprint density at radius 2 is 1.68 bits per heavy atom. The third kappa shape index (κ3) is 7.20. The summed E-state index contributed by atoms with van der Waals surface area (Å²) >= 11 is 12.5. The van der Waals surface area contributed by atoms with Crippen LogP contribution in [-0.2, 0) is 13.2 Å². The smallest absolute Gasteiger partial charge is 0.180 e. The largest absolute Gasteiger partial charge is 0.493 e. The predicted octanol–water partition coefficient (Wildman–Crippen LogP) is 6.89. The fourth-order valence-corrected chi connectivity index (χ4v) is 4.03. The van der Waals surface area contributed by atoms with E-state index in [1.165, 1.54) is 0 Å². The van der Waals surface area contributed by atoms with Gasteiger partial charge in [0.25, 0.3) is 0 Å². The van der Waals surface area contributed by atoms with Crippen LogP contribution < -0.4 is 14.8 Å². The molecule has 2 rings (SSSR count). The van der Waals surface area contributed by atoms with Gasteiger partial charge in [-0.1, -0.05) is 56.1 Å². The van der Waals surface area contributed by atoms with E-state index in [4.69, 9.17) is 32.7 Å². The summed E-state index contributed by atoms with van der Waals surface area (Å²) in [7, 11) is 1.62. The topological polar surface area (TPSA) is 30.5 Å². The Kier molecular flexibility index (Phi) is 7.66. The first kappa shape index (κ1) is 22.9. The Hall–Kier alpha value is -1.42. The minimum absolute atomic E-state index is 0.0136. The summed E-state index contributed by atoms with van der Waals surface area (Å²) in [5, 5.41) is 4.84. The molecular formula is C23H31Cl2NO2. The van der Waals surface area contributed by atoms with Crippen LogP contribution in [0.15, 0.2) is 36.4 Å². The van der Waals surface area contributed by atoms with Gasteiger partial charge in [-0.15, -0.1) is 0 Å². The third-order valence-electron chi connectivity index (χ3n) is 4.30. The Morgan fingerprint density at radius 3 is 2.29 bits per heavy atom. The maximum absolute atomic E-state index is 6.51. The molecule has 0 fully saturated rings. The van der Waals surface area contributed by atoms with Crippen LogP contribution in [0.5, 0.6) is 11.5 Å². The van der Waals surface area contributed by atoms with Gasteiger partial charge >= 0.3 is 0 Å². The average molecular weight is 424 g/mol. The molecule has 0 aliphatic heterocycles. The third-order valence-corrected chi connectivity index (χ3v) is 4.82. The lowest BCUT2D eigenvalue weighted by Gasteiger charge is -2.33. The van der Waals surface area contributed by atoms with Gasteiger partial charge in [0.15, 0.2) is 11.5 Å². The van der Waals surface area contributed by atoms with E-state index in [0.29, 0.717) is 34.7 Å². The summed E-state index contributed by atoms with van der Waals surface area (Å²) in [4.78, 5) is 0. The number of nitrogens with one attached hydrogen (secondary N) is 1. The molecule has 0 bridgehead atoms. The van der Waals surface area contributed by atoms with Gasteiger partial charge in [-0.2, -0.15) is 0 Å². The molecule has 0 radical (unpaired) electrons. The first-order valence-corrected chi connectivity index (χ1v) is 10.2. The van der Waals surface area contributed by atoms with Crippen molar-refractivity contribution in [2.24, 2.45) is 5.41 Å². The molecule has 2 aromatic carbocycles. The van der Waals surface area contributed by atoms with Crippen LogP contribution in [0.25, 0.3) is 0 Å². The molecule has 28 heavy (non-hydrogen) atoms. The molecule has 0 amide bonds. The predicted molar refractivity (Wildman–Crippen MR) is 119 cm³/mol. The summed E-state index contributed by atoms with van der Waals surface area (Å²) in [5.74, 6) is 1.17. The van der Waals surface area contributed by atoms with Crippen LogP contribution in [-0.4, -0.2) is 12.6 Å². The van der Waals surface area contributed by atoms with Gasteiger partial charge in [-0.3, -0.25) is 0 Å². The van der Waals surface area contributed by atoms with Gasteiger partial charge in [0.2, 0.25) is 0 Å². The Labute approximate surface area is 179 Å². The van der Waals surface area contributed by atoms with Crippen LogP contribution in [0.2, 0.25) is 10.0 Å². The molecule has 0 saturated carbocycles. The second-order valence-corrected chi connectivity index (χ2v) is 9.85. The maximum atomic E-state index is 6.51. The lowest BCUT2D eigenvalue weighted by atomic mass is 9.82. The number of hydrogen-bond donors (Lipinski definition) is 1. The minimum Gasteiger partial charge on any atom is -0.493 e. The highest BCUT2D eigenvalue weighted by Gasteiger charge is 2.25. The monoisotopic (exact) mass is 423 g/mol. The van der Waals surface area contributed by atoms with Gasteiger partial charge in [-0.05, 0) is 61.1 Å². The molecule has 0 aliphatic carbocycles. The van der Waals surface area contributed by atoms with Crippen LogP contribution >= 0.6 is 23.2 Å². The van der Waals surface area contributed by atoms with Crippen molar-refractivity contribution in [3.63, 3.8) is 0 Å². The summed E-state index contributed by atoms with van der Waals surface area (Å²) in [5.41, 5.74) is 2.29. The highest BCUT2D eigenvalue weighted by atomic mass is 35.5. The zero-order valence-corrected chi connectivity index (χ0v) is 19.2. The number of methoxy groups -OCH3 is 1. The molecule has 154 valence electrons. The molecule has 0 saturated heterocycles. The zero-order valence-electron chi connectivity index (χ0n) is 17.7. The van der Waals surface area contributed by atoms with Crippen molar-refractivity contribution in [2.45, 2.75) is 59.7 Å². The van der Waals surface area contributed by atoms with Gasteiger partial charge in [0.1, 0.15) is 6.61 Å². The Balaban J connectivity index is 2.10. The second kappa shape index (κ2) is 9.39. The molecule has 2 aromatic rings. The Morgan fingerprint density at radius 1 is 0.964 bits per heavy atom. The average Bonchev–Trinajstić information content (AvgIpc) is 2.56. The van der Waals surface area contributed by atoms with Crippen molar-refractivity contribution in [1.29, 1.82) is 0 Å². The molecule has 0 aliphatic rings. The highest BCUT2D eigenvalue weighted by Crippen LogP contribution is 2.37. The van der Waals surface area contributed by atoms with Gasteiger partial charge in [0, 0.05) is 17.1 Å². The number of hydrogen-bond acceptors (Lipinski definition) is 3. The van der Waals surface area contributed by atoms with Crippen LogP contribution in [0, 0.1) is 5.41 Å². The van der Waals surface area contributed by atoms with E-state index in [0.717, 1.165) is 17.5 Å². The number of halogens is 2. The summed E-state index contributed by atoms with van der Waals surface area (Å²) in [6, 6.07) is 11.5. The second-order valence-electron chi connectivity index (χ2n) is 9.00. The summed E-state index contributed by atoms with van der Waals surface area (Å²) in [6.07, 6.45) is 1.06. The maximum Gasteiger partial charge on any atom is 0.180 e. The van der Waals surface area contributed by atoms with Crippen LogP contribution in [0.3, 0.4) is 0 Å². The van der Waals surface area contributed by atoms with Gasteiger partial charge in [-0.25, -0.2) is 0 Å². The first-order valence-electron chi connectivity index (χ1n) is 9.48. The lowest BCUT2D eigenvalue weighted by Crippen LogP contribution is -2.41. The van der Waals surface area contributed by atoms with Crippen molar-refractivity contribution in [2.75, 3.05) is 7.11 Å². The molecule has 1 N–H and O–H groups in total. The summed E-state index contributed by atoms with van der Waals surface area (Å²) < 4.78 is 11.5. The zero-order chi connectivity index (χ0) is 20.9. The molecule has 5 heteroatoms. The Bertz CT molecular complexity index is 798. The van der Waals surface area contributed by atoms with Crippen molar-refractivity contribution >= 4 is 23.2 Å². The van der Waals surface area contributed by atoms with E-state index in [2.05, 4.69) is 39.9 Å². The van der Waals surface area contributed by atoms with Gasteiger partial charge in [0.05, 0.1) is 12.1 Å². The fraction of sp³-hybridized carbons (Fsp3) is 0.478. The van der Waals surface area contributed by atoms with Crippen molar-refractivity contribution in [3.05, 3.63) is 57.6 Å². The standard InChI is InChI=1S/C23H31Cl2NO2/c1-22(2,3)15-23(4,5)26-13-17-11-19(25)21(20(12-17)27-6)28-14-16-8-7-9-18(24)10-16/h7-12,26H,13-15H2,1-6H3. The van der Waals surface area contributed by atoms with Crippen molar-refractivity contribution < 1.29 is 9.47 Å². The summed E-state index contributed by atoms with van der Waals surface area (Å²) in [6.45, 7) is 12.3. The first-order chi connectivity index (χ1) is 13.0. The van der Waals surface area contributed by atoms with E-state index in [1.807, 2.05) is 36.4 Å². The molecule has 3 nitrogen and oxygen atoms in total.